The molecule has 2 heterocycles. The zero-order chi connectivity index (χ0) is 18.7. The van der Waals surface area contributed by atoms with Gasteiger partial charge in [-0.2, -0.15) is 4.98 Å². The number of hydrogen-bond donors (Lipinski definition) is 4. The summed E-state index contributed by atoms with van der Waals surface area (Å²) in [5.74, 6) is 0.268. The normalized spacial score (nSPS) is 15.7. The maximum atomic E-state index is 12.0. The van der Waals surface area contributed by atoms with E-state index in [0.717, 1.165) is 43.7 Å². The summed E-state index contributed by atoms with van der Waals surface area (Å²) in [5, 5.41) is 10.3. The van der Waals surface area contributed by atoms with Gasteiger partial charge in [-0.05, 0) is 49.1 Å². The third-order valence-electron chi connectivity index (χ3n) is 4.77. The molecule has 0 unspecified atom stereocenters. The Balaban J connectivity index is 1.67. The van der Waals surface area contributed by atoms with E-state index >= 15 is 0 Å². The Morgan fingerprint density at radius 1 is 1.35 bits per heavy atom. The van der Waals surface area contributed by atoms with Crippen LogP contribution in [-0.4, -0.2) is 39.5 Å². The van der Waals surface area contributed by atoms with Crippen molar-refractivity contribution in [1.82, 2.24) is 19.8 Å². The highest BCUT2D eigenvalue weighted by molar-refractivity contribution is 5.74. The number of piperidine rings is 1. The van der Waals surface area contributed by atoms with Gasteiger partial charge >= 0.3 is 5.69 Å². The van der Waals surface area contributed by atoms with Crippen LogP contribution in [0, 0.1) is 12.3 Å². The summed E-state index contributed by atoms with van der Waals surface area (Å²) in [6.07, 6.45) is 3.60. The average Bonchev–Trinajstić information content (AvgIpc) is 2.58. The maximum Gasteiger partial charge on any atom is 0.354 e. The Kier molecular flexibility index (Phi) is 5.22. The summed E-state index contributed by atoms with van der Waals surface area (Å²) in [6, 6.07) is 7.90. The predicted molar refractivity (Wildman–Crippen MR) is 102 cm³/mol. The number of guanidine groups is 1. The molecule has 2 aromatic rings. The van der Waals surface area contributed by atoms with Crippen molar-refractivity contribution in [2.45, 2.75) is 32.4 Å². The van der Waals surface area contributed by atoms with Gasteiger partial charge in [0, 0.05) is 31.9 Å². The molecule has 8 nitrogen and oxygen atoms in total. The number of nitrogen functional groups attached to an aromatic ring is 1. The molecule has 1 aromatic carbocycles. The number of aromatic nitrogens is 2. The summed E-state index contributed by atoms with van der Waals surface area (Å²) in [6.45, 7) is 4.85. The Morgan fingerprint density at radius 3 is 2.69 bits per heavy atom. The van der Waals surface area contributed by atoms with Crippen molar-refractivity contribution in [1.29, 1.82) is 5.41 Å². The van der Waals surface area contributed by atoms with Crippen molar-refractivity contribution in [3.8, 4) is 5.69 Å². The van der Waals surface area contributed by atoms with Crippen LogP contribution in [0.1, 0.15) is 24.0 Å². The minimum Gasteiger partial charge on any atom is -0.383 e. The predicted octanol–water partition coefficient (Wildman–Crippen LogP) is 0.571. The first-order valence-corrected chi connectivity index (χ1v) is 8.70. The Morgan fingerprint density at radius 2 is 2.08 bits per heavy atom. The average molecular weight is 355 g/mol. The third-order valence-corrected chi connectivity index (χ3v) is 4.77. The molecule has 0 saturated carbocycles. The van der Waals surface area contributed by atoms with Crippen LogP contribution in [-0.2, 0) is 6.54 Å². The van der Waals surface area contributed by atoms with Gasteiger partial charge in [0.25, 0.3) is 0 Å². The second-order valence-corrected chi connectivity index (χ2v) is 6.72. The molecule has 0 radical (unpaired) electrons. The van der Waals surface area contributed by atoms with E-state index in [4.69, 9.17) is 16.9 Å². The van der Waals surface area contributed by atoms with Crippen molar-refractivity contribution in [3.63, 3.8) is 0 Å². The van der Waals surface area contributed by atoms with Crippen LogP contribution in [0.15, 0.2) is 35.3 Å². The number of hydrogen-bond acceptors (Lipinski definition) is 5. The fourth-order valence-corrected chi connectivity index (χ4v) is 3.32. The zero-order valence-electron chi connectivity index (χ0n) is 14.9. The van der Waals surface area contributed by atoms with Crippen molar-refractivity contribution >= 4 is 11.8 Å². The fourth-order valence-electron chi connectivity index (χ4n) is 3.32. The number of rotatable bonds is 4. The van der Waals surface area contributed by atoms with Crippen LogP contribution in [0.2, 0.25) is 0 Å². The van der Waals surface area contributed by atoms with Crippen molar-refractivity contribution in [3.05, 3.63) is 52.1 Å². The molecule has 8 heteroatoms. The number of nitrogens with two attached hydrogens (primary N) is 2. The first-order valence-electron chi connectivity index (χ1n) is 8.70. The van der Waals surface area contributed by atoms with Crippen LogP contribution in [0.3, 0.4) is 0 Å². The monoisotopic (exact) mass is 355 g/mol. The number of aryl methyl sites for hydroxylation is 1. The summed E-state index contributed by atoms with van der Waals surface area (Å²) in [4.78, 5) is 18.2. The molecule has 138 valence electrons. The summed E-state index contributed by atoms with van der Waals surface area (Å²) >= 11 is 0. The van der Waals surface area contributed by atoms with E-state index in [1.54, 1.807) is 12.3 Å². The summed E-state index contributed by atoms with van der Waals surface area (Å²) < 4.78 is 1.49. The van der Waals surface area contributed by atoms with Gasteiger partial charge in [0.2, 0.25) is 0 Å². The van der Waals surface area contributed by atoms with Gasteiger partial charge in [-0.25, -0.2) is 4.79 Å². The van der Waals surface area contributed by atoms with E-state index < -0.39 is 0 Å². The van der Waals surface area contributed by atoms with Crippen molar-refractivity contribution < 1.29 is 0 Å². The molecule has 1 aromatic heterocycles. The van der Waals surface area contributed by atoms with Gasteiger partial charge in [0.15, 0.2) is 5.96 Å². The SMILES string of the molecule is Cc1cc(-n2ccc(N)nc2=O)ccc1CN1CCC(NC(=N)N)CC1. The molecule has 6 N–H and O–H groups in total. The van der Waals surface area contributed by atoms with E-state index in [-0.39, 0.29) is 23.5 Å². The number of nitrogens with zero attached hydrogens (tertiary/aromatic N) is 3. The van der Waals surface area contributed by atoms with E-state index in [2.05, 4.69) is 28.2 Å². The molecule has 0 atom stereocenters. The first kappa shape index (κ1) is 17.9. The quantitative estimate of drug-likeness (QED) is 0.469. The zero-order valence-corrected chi connectivity index (χ0v) is 14.9. The van der Waals surface area contributed by atoms with Gasteiger partial charge < -0.3 is 16.8 Å². The fraction of sp³-hybridized carbons (Fsp3) is 0.389. The van der Waals surface area contributed by atoms with Gasteiger partial charge in [-0.15, -0.1) is 0 Å². The number of nitrogens with one attached hydrogen (secondary N) is 2. The second-order valence-electron chi connectivity index (χ2n) is 6.72. The Bertz CT molecular complexity index is 853. The molecule has 0 aliphatic carbocycles. The smallest absolute Gasteiger partial charge is 0.354 e. The molecule has 0 amide bonds. The van der Waals surface area contributed by atoms with Crippen molar-refractivity contribution in [2.75, 3.05) is 18.8 Å². The molecule has 1 saturated heterocycles. The van der Waals surface area contributed by atoms with E-state index in [0.29, 0.717) is 0 Å². The summed E-state index contributed by atoms with van der Waals surface area (Å²) in [5.41, 5.74) is 13.7. The second kappa shape index (κ2) is 7.57. The molecule has 26 heavy (non-hydrogen) atoms. The van der Waals surface area contributed by atoms with Crippen LogP contribution in [0.25, 0.3) is 5.69 Å². The Hall–Kier alpha value is -2.87. The number of likely N-dealkylation sites (tertiary alicyclic amines) is 1. The minimum absolute atomic E-state index is 0.0438. The highest BCUT2D eigenvalue weighted by Gasteiger charge is 2.19. The minimum atomic E-state index is -0.378. The number of anilines is 1. The lowest BCUT2D eigenvalue weighted by Crippen LogP contribution is -2.46. The van der Waals surface area contributed by atoms with Gasteiger partial charge in [-0.3, -0.25) is 14.9 Å². The molecular formula is C18H25N7O. The van der Waals surface area contributed by atoms with Gasteiger partial charge in [0.1, 0.15) is 5.82 Å². The summed E-state index contributed by atoms with van der Waals surface area (Å²) in [7, 11) is 0. The molecule has 1 fully saturated rings. The molecule has 1 aliphatic heterocycles. The van der Waals surface area contributed by atoms with Gasteiger partial charge in [-0.1, -0.05) is 6.07 Å². The lowest BCUT2D eigenvalue weighted by molar-refractivity contribution is 0.198. The van der Waals surface area contributed by atoms with E-state index in [1.165, 1.54) is 10.1 Å². The molecule has 1 aliphatic rings. The van der Waals surface area contributed by atoms with Crippen molar-refractivity contribution in [2.24, 2.45) is 5.73 Å². The van der Waals surface area contributed by atoms with E-state index in [9.17, 15) is 4.79 Å². The standard InChI is InChI=1S/C18H25N7O/c1-12-10-15(25-9-6-16(19)23-18(25)26)3-2-13(12)11-24-7-4-14(5-8-24)22-17(20)21/h2-3,6,9-10,14H,4-5,7-8,11H2,1H3,(H2,19,23,26)(H4,20,21,22). The molecule has 0 bridgehead atoms. The third kappa shape index (κ3) is 4.20. The van der Waals surface area contributed by atoms with Gasteiger partial charge in [0.05, 0.1) is 5.69 Å². The van der Waals surface area contributed by atoms with Crippen LogP contribution < -0.4 is 22.5 Å². The van der Waals surface area contributed by atoms with Crippen LogP contribution in [0.4, 0.5) is 5.82 Å². The number of benzene rings is 1. The molecule has 0 spiro atoms. The van der Waals surface area contributed by atoms with Crippen LogP contribution in [0.5, 0.6) is 0 Å². The lowest BCUT2D eigenvalue weighted by atomic mass is 10.0. The molecule has 3 rings (SSSR count). The topological polar surface area (TPSA) is 126 Å². The highest BCUT2D eigenvalue weighted by Crippen LogP contribution is 2.18. The first-order chi connectivity index (χ1) is 12.4. The van der Waals surface area contributed by atoms with Crippen LogP contribution >= 0.6 is 0 Å². The lowest BCUT2D eigenvalue weighted by Gasteiger charge is -2.32. The van der Waals surface area contributed by atoms with E-state index in [1.807, 2.05) is 12.1 Å². The molecular weight excluding hydrogens is 330 g/mol. The highest BCUT2D eigenvalue weighted by atomic mass is 16.1. The Labute approximate surface area is 152 Å². The maximum absolute atomic E-state index is 12.0. The largest absolute Gasteiger partial charge is 0.383 e.